The van der Waals surface area contributed by atoms with E-state index < -0.39 is 79.3 Å². The van der Waals surface area contributed by atoms with E-state index in [1.165, 1.54) is 10.7 Å². The van der Waals surface area contributed by atoms with Crippen LogP contribution in [0.15, 0.2) is 29.2 Å². The van der Waals surface area contributed by atoms with Gasteiger partial charge in [0, 0.05) is 25.6 Å². The Balaban J connectivity index is 1.81. The number of benzene rings is 1. The maximum absolute atomic E-state index is 14.2. The number of sulfone groups is 1. The van der Waals surface area contributed by atoms with Crippen molar-refractivity contribution < 1.29 is 41.0 Å². The third kappa shape index (κ3) is 3.95. The van der Waals surface area contributed by atoms with Gasteiger partial charge in [-0.15, -0.1) is 0 Å². The minimum Gasteiger partial charge on any atom is -0.481 e. The number of primary amides is 1. The van der Waals surface area contributed by atoms with Crippen molar-refractivity contribution in [3.8, 4) is 17.3 Å². The van der Waals surface area contributed by atoms with Crippen LogP contribution >= 0.6 is 0 Å². The van der Waals surface area contributed by atoms with Crippen LogP contribution in [0.4, 0.5) is 13.2 Å². The molecule has 1 amide bonds. The van der Waals surface area contributed by atoms with Crippen LogP contribution in [0.5, 0.6) is 0 Å². The molecule has 0 spiro atoms. The van der Waals surface area contributed by atoms with Gasteiger partial charge in [0.05, 0.1) is 39.3 Å². The van der Waals surface area contributed by atoms with Crippen LogP contribution in [-0.2, 0) is 37.4 Å². The first-order chi connectivity index (χ1) is 17.6. The highest BCUT2D eigenvalue weighted by Crippen LogP contribution is 2.66. The van der Waals surface area contributed by atoms with Crippen LogP contribution in [0.2, 0.25) is 0 Å². The molecule has 2 unspecified atom stereocenters. The molecule has 2 saturated carbocycles. The van der Waals surface area contributed by atoms with E-state index >= 15 is 0 Å². The van der Waals surface area contributed by atoms with Crippen molar-refractivity contribution in [1.29, 1.82) is 5.26 Å². The quantitative estimate of drug-likeness (QED) is 0.527. The number of aromatic nitrogens is 2. The number of carboxylic acids is 1. The van der Waals surface area contributed by atoms with Crippen molar-refractivity contribution >= 4 is 21.7 Å². The molecule has 10 nitrogen and oxygen atoms in total. The van der Waals surface area contributed by atoms with Gasteiger partial charge in [-0.3, -0.25) is 14.3 Å². The Bertz CT molecular complexity index is 1480. The largest absolute Gasteiger partial charge is 0.481 e. The molecule has 0 bridgehead atoms. The fourth-order valence-corrected chi connectivity index (χ4v) is 7.90. The molecule has 204 valence electrons. The number of amides is 1. The lowest BCUT2D eigenvalue weighted by molar-refractivity contribution is -0.159. The molecular weight excluding hydrogens is 529 g/mol. The maximum Gasteiger partial charge on any atom is 0.417 e. The highest BCUT2D eigenvalue weighted by Gasteiger charge is 2.75. The van der Waals surface area contributed by atoms with E-state index in [-0.39, 0.29) is 12.0 Å². The maximum atomic E-state index is 14.2. The number of hydrogen-bond donors (Lipinski definition) is 2. The van der Waals surface area contributed by atoms with Crippen molar-refractivity contribution in [1.82, 2.24) is 9.78 Å². The monoisotopic (exact) mass is 554 g/mol. The topological polar surface area (TPSA) is 165 Å². The molecule has 5 atom stereocenters. The van der Waals surface area contributed by atoms with E-state index in [0.29, 0.717) is 11.4 Å². The summed E-state index contributed by atoms with van der Waals surface area (Å²) in [5.41, 5.74) is 1.11. The Morgan fingerprint density at radius 2 is 1.95 bits per heavy atom. The predicted molar refractivity (Wildman–Crippen MR) is 125 cm³/mol. The normalized spacial score (nSPS) is 29.1. The molecule has 0 saturated heterocycles. The van der Waals surface area contributed by atoms with Crippen LogP contribution in [0.1, 0.15) is 30.5 Å². The van der Waals surface area contributed by atoms with Crippen LogP contribution in [0.3, 0.4) is 0 Å². The van der Waals surface area contributed by atoms with E-state index in [0.717, 1.165) is 19.2 Å². The van der Waals surface area contributed by atoms with Crippen LogP contribution < -0.4 is 5.73 Å². The summed E-state index contributed by atoms with van der Waals surface area (Å²) < 4.78 is 76.6. The number of rotatable bonds is 7. The Morgan fingerprint density at radius 1 is 1.29 bits per heavy atom. The second-order valence-corrected chi connectivity index (χ2v) is 12.1. The average Bonchev–Trinajstić information content (AvgIpc) is 3.31. The van der Waals surface area contributed by atoms with Crippen molar-refractivity contribution in [2.75, 3.05) is 7.11 Å². The number of carbonyl (C=O) groups is 2. The molecule has 2 aliphatic carbocycles. The summed E-state index contributed by atoms with van der Waals surface area (Å²) >= 11 is 0. The Labute approximate surface area is 216 Å². The van der Waals surface area contributed by atoms with E-state index in [2.05, 4.69) is 5.10 Å². The Hall–Kier alpha value is -3.44. The standard InChI is InChI=1S/C24H25F3N4O6S/c1-12-6-16(31(2)30-12)13-4-5-17(15(7-13)24(25,26)27)38(35,36)14-8-19(37-3)23(9-14,21(33)34)18-10-22(18,11-28)20(29)32/h4-7,14,18-19H,8-10H2,1-3H3,(H2,29,32)(H,33,34)/t14-,18?,19+,22?,23+/m0/s1. The third-order valence-corrected chi connectivity index (χ3v) is 10.1. The SMILES string of the molecule is CO[C@@H]1C[C@H](S(=O)(=O)c2ccc(-c3cc(C)nn3C)cc2C(F)(F)F)C[C@@]1(C(=O)O)C1CC1(C#N)C(N)=O. The molecule has 38 heavy (non-hydrogen) atoms. The van der Waals surface area contributed by atoms with Crippen LogP contribution in [-0.4, -0.2) is 53.6 Å². The summed E-state index contributed by atoms with van der Waals surface area (Å²) in [6.45, 7) is 1.66. The van der Waals surface area contributed by atoms with E-state index in [1.807, 2.05) is 0 Å². The van der Waals surface area contributed by atoms with Gasteiger partial charge in [-0.1, -0.05) is 6.07 Å². The number of methoxy groups -OCH3 is 1. The number of aryl methyl sites for hydroxylation is 2. The lowest BCUT2D eigenvalue weighted by Crippen LogP contribution is -2.44. The number of hydrogen-bond acceptors (Lipinski definition) is 7. The Morgan fingerprint density at radius 3 is 2.39 bits per heavy atom. The van der Waals surface area contributed by atoms with Gasteiger partial charge in [0.2, 0.25) is 5.91 Å². The smallest absolute Gasteiger partial charge is 0.417 e. The van der Waals surface area contributed by atoms with Gasteiger partial charge in [-0.05, 0) is 44.4 Å². The average molecular weight is 555 g/mol. The van der Waals surface area contributed by atoms with Gasteiger partial charge < -0.3 is 15.6 Å². The molecule has 1 aromatic carbocycles. The fourth-order valence-electron chi connectivity index (χ4n) is 5.88. The minimum absolute atomic E-state index is 0.0960. The third-order valence-electron chi connectivity index (χ3n) is 7.85. The summed E-state index contributed by atoms with van der Waals surface area (Å²) in [7, 11) is -2.07. The number of nitrogens with two attached hydrogens (primary N) is 1. The van der Waals surface area contributed by atoms with Crippen molar-refractivity contribution in [2.45, 2.75) is 48.6 Å². The van der Waals surface area contributed by atoms with Gasteiger partial charge >= 0.3 is 12.1 Å². The summed E-state index contributed by atoms with van der Waals surface area (Å²) in [5.74, 6) is -3.71. The van der Waals surface area contributed by atoms with Gasteiger partial charge in [0.1, 0.15) is 10.8 Å². The number of alkyl halides is 3. The number of nitrogens with zero attached hydrogens (tertiary/aromatic N) is 3. The van der Waals surface area contributed by atoms with E-state index in [4.69, 9.17) is 10.5 Å². The molecule has 4 rings (SSSR count). The molecule has 3 N–H and O–H groups in total. The fraction of sp³-hybridized carbons (Fsp3) is 0.500. The molecule has 2 aliphatic rings. The lowest BCUT2D eigenvalue weighted by atomic mass is 9.75. The zero-order chi connectivity index (χ0) is 28.4. The summed E-state index contributed by atoms with van der Waals surface area (Å²) in [6, 6.07) is 6.13. The summed E-state index contributed by atoms with van der Waals surface area (Å²) in [6.07, 6.45) is -7.64. The highest BCUT2D eigenvalue weighted by molar-refractivity contribution is 7.92. The summed E-state index contributed by atoms with van der Waals surface area (Å²) in [5, 5.41) is 22.3. The molecule has 14 heteroatoms. The number of aliphatic carboxylic acids is 1. The zero-order valence-electron chi connectivity index (χ0n) is 20.6. The molecule has 1 aromatic heterocycles. The van der Waals surface area contributed by atoms with Gasteiger partial charge in [0.25, 0.3) is 0 Å². The van der Waals surface area contributed by atoms with Crippen LogP contribution in [0.25, 0.3) is 11.3 Å². The van der Waals surface area contributed by atoms with Crippen molar-refractivity contribution in [2.24, 2.45) is 29.5 Å². The number of nitriles is 1. The van der Waals surface area contributed by atoms with Gasteiger partial charge in [-0.2, -0.15) is 23.5 Å². The van der Waals surface area contributed by atoms with E-state index in [9.17, 15) is 41.5 Å². The highest BCUT2D eigenvalue weighted by atomic mass is 32.2. The first-order valence-corrected chi connectivity index (χ1v) is 13.0. The predicted octanol–water partition coefficient (Wildman–Crippen LogP) is 2.45. The second kappa shape index (κ2) is 8.81. The molecule has 2 fully saturated rings. The van der Waals surface area contributed by atoms with Gasteiger partial charge in [0.15, 0.2) is 9.84 Å². The lowest BCUT2D eigenvalue weighted by Gasteiger charge is -2.31. The van der Waals surface area contributed by atoms with Crippen molar-refractivity contribution in [3.05, 3.63) is 35.5 Å². The van der Waals surface area contributed by atoms with Crippen LogP contribution in [0, 0.1) is 35.0 Å². The second-order valence-electron chi connectivity index (χ2n) is 9.88. The number of carboxylic acid groups (broad SMARTS) is 1. The zero-order valence-corrected chi connectivity index (χ0v) is 21.4. The minimum atomic E-state index is -5.05. The number of ether oxygens (including phenoxy) is 1. The molecule has 0 radical (unpaired) electrons. The number of carbonyl (C=O) groups excluding carboxylic acids is 1. The molecule has 0 aliphatic heterocycles. The molecular formula is C24H25F3N4O6S. The van der Waals surface area contributed by atoms with Gasteiger partial charge in [-0.25, -0.2) is 8.42 Å². The Kier molecular flexibility index (Phi) is 6.39. The van der Waals surface area contributed by atoms with Crippen molar-refractivity contribution in [3.63, 3.8) is 0 Å². The molecule has 2 aromatic rings. The van der Waals surface area contributed by atoms with E-state index in [1.54, 1.807) is 26.1 Å². The summed E-state index contributed by atoms with van der Waals surface area (Å²) in [4.78, 5) is 23.5. The first kappa shape index (κ1) is 27.6. The number of halogens is 3. The molecule has 1 heterocycles. The first-order valence-electron chi connectivity index (χ1n) is 11.5.